The number of hydrogen-bond donors (Lipinski definition) is 1. The zero-order valence-electron chi connectivity index (χ0n) is 12.8. The first-order valence-corrected chi connectivity index (χ1v) is 9.23. The summed E-state index contributed by atoms with van der Waals surface area (Å²) < 4.78 is 5.30. The van der Waals surface area contributed by atoms with Crippen LogP contribution in [-0.2, 0) is 0 Å². The van der Waals surface area contributed by atoms with Crippen LogP contribution in [0.15, 0.2) is 41.7 Å². The van der Waals surface area contributed by atoms with Crippen molar-refractivity contribution in [3.05, 3.63) is 36.8 Å². The molecule has 0 spiro atoms. The van der Waals surface area contributed by atoms with E-state index >= 15 is 0 Å². The molecule has 1 atom stereocenters. The average Bonchev–Trinajstić information content (AvgIpc) is 2.99. The Morgan fingerprint density at radius 1 is 1.38 bits per heavy atom. The summed E-state index contributed by atoms with van der Waals surface area (Å²) in [5.41, 5.74) is 0. The zero-order valence-corrected chi connectivity index (χ0v) is 13.6. The second-order valence-electron chi connectivity index (χ2n) is 5.35. The molecule has 0 amide bonds. The molecule has 2 rings (SSSR count). The molecule has 114 valence electrons. The van der Waals surface area contributed by atoms with Crippen molar-refractivity contribution in [1.29, 1.82) is 0 Å². The van der Waals surface area contributed by atoms with Crippen LogP contribution in [0.2, 0.25) is 0 Å². The molecule has 0 aliphatic heterocycles. The third-order valence-corrected chi connectivity index (χ3v) is 5.33. The van der Waals surface area contributed by atoms with Crippen molar-refractivity contribution in [2.75, 3.05) is 0 Å². The summed E-state index contributed by atoms with van der Waals surface area (Å²) >= 11 is 0. The van der Waals surface area contributed by atoms with Gasteiger partial charge in [-0.1, -0.05) is 31.5 Å². The summed E-state index contributed by atoms with van der Waals surface area (Å²) in [5, 5.41) is 4.17. The molecule has 5 heteroatoms. The molecule has 0 saturated heterocycles. The first-order valence-electron chi connectivity index (χ1n) is 7.25. The van der Waals surface area contributed by atoms with Crippen LogP contribution in [0.1, 0.15) is 33.1 Å². The van der Waals surface area contributed by atoms with Crippen LogP contribution >= 0.6 is 9.39 Å². The lowest BCUT2D eigenvalue weighted by Crippen LogP contribution is -2.22. The molecule has 0 radical (unpaired) electrons. The zero-order chi connectivity index (χ0) is 15.3. The molecule has 0 bridgehead atoms. The molecule has 2 aromatic rings. The van der Waals surface area contributed by atoms with E-state index < -0.39 is 9.39 Å². The lowest BCUT2D eigenvalue weighted by molar-refractivity contribution is 0.587. The van der Waals surface area contributed by atoms with Crippen molar-refractivity contribution >= 4 is 21.1 Å². The Kier molecular flexibility index (Phi) is 5.20. The minimum atomic E-state index is -1.52. The monoisotopic (exact) mass is 304 g/mol. The highest BCUT2D eigenvalue weighted by molar-refractivity contribution is 8.26. The van der Waals surface area contributed by atoms with E-state index in [0.29, 0.717) is 6.04 Å². The predicted octanol–water partition coefficient (Wildman–Crippen LogP) is 3.38. The van der Waals surface area contributed by atoms with Crippen LogP contribution in [0.5, 0.6) is 0 Å². The summed E-state index contributed by atoms with van der Waals surface area (Å²) in [6.45, 7) is 4.40. The van der Waals surface area contributed by atoms with Gasteiger partial charge in [-0.2, -0.15) is 5.10 Å². The summed E-state index contributed by atoms with van der Waals surface area (Å²) in [5.74, 6) is 9.36. The molecule has 1 unspecified atom stereocenters. The highest BCUT2D eigenvalue weighted by Crippen LogP contribution is 2.28. The Bertz CT molecular complexity index is 642. The van der Waals surface area contributed by atoms with Crippen LogP contribution in [0.4, 0.5) is 0 Å². The number of hydrogen-bond acceptors (Lipinski definition) is 3. The average molecular weight is 304 g/mol. The Morgan fingerprint density at radius 3 is 2.76 bits per heavy atom. The Balaban J connectivity index is 2.10. The van der Waals surface area contributed by atoms with Crippen molar-refractivity contribution in [2.24, 2.45) is 0 Å². The van der Waals surface area contributed by atoms with E-state index in [1.165, 1.54) is 12.8 Å². The first kappa shape index (κ1) is 15.8. The maximum atomic E-state index is 4.46. The normalized spacial score (nSPS) is 13.2. The van der Waals surface area contributed by atoms with Crippen molar-refractivity contribution in [2.45, 2.75) is 44.0 Å². The van der Waals surface area contributed by atoms with Gasteiger partial charge in [-0.25, -0.2) is 9.67 Å². The Labute approximate surface area is 127 Å². The topological polar surface area (TPSA) is 42.7 Å². The van der Waals surface area contributed by atoms with E-state index in [9.17, 15) is 0 Å². The fourth-order valence-electron chi connectivity index (χ4n) is 2.17. The van der Waals surface area contributed by atoms with Crippen LogP contribution in [0.25, 0.3) is 5.82 Å². The highest BCUT2D eigenvalue weighted by Gasteiger charge is 2.08. The molecule has 1 N–H and O–H groups in total. The number of unbranched alkanes of at least 4 members (excludes halogenated alkanes) is 1. The van der Waals surface area contributed by atoms with Crippen molar-refractivity contribution in [3.8, 4) is 5.82 Å². The van der Waals surface area contributed by atoms with Gasteiger partial charge in [0.2, 0.25) is 0 Å². The van der Waals surface area contributed by atoms with Gasteiger partial charge in [0.1, 0.15) is 0 Å². The maximum Gasteiger partial charge on any atom is 0.153 e. The van der Waals surface area contributed by atoms with E-state index in [2.05, 4.69) is 40.4 Å². The smallest absolute Gasteiger partial charge is 0.153 e. The third-order valence-electron chi connectivity index (χ3n) is 3.33. The standard InChI is InChI=1S/C16H24N4S/c1-5-6-8-14(2)19-21(3,4)15-9-10-16(17-13-15)20-12-7-11-18-20/h7,9-14,19H,3-6,8H2,1-2H3. The van der Waals surface area contributed by atoms with Crippen LogP contribution in [0.3, 0.4) is 0 Å². The summed E-state index contributed by atoms with van der Waals surface area (Å²) in [6.07, 6.45) is 9.05. The minimum Gasteiger partial charge on any atom is -0.269 e. The predicted molar refractivity (Wildman–Crippen MR) is 93.6 cm³/mol. The second kappa shape index (κ2) is 6.91. The molecule has 0 saturated carbocycles. The number of nitrogens with one attached hydrogen (secondary N) is 1. The molecule has 0 aromatic carbocycles. The van der Waals surface area contributed by atoms with E-state index in [1.54, 1.807) is 10.9 Å². The van der Waals surface area contributed by atoms with Gasteiger partial charge >= 0.3 is 0 Å². The van der Waals surface area contributed by atoms with Gasteiger partial charge in [0.15, 0.2) is 5.82 Å². The summed E-state index contributed by atoms with van der Waals surface area (Å²) in [6, 6.07) is 6.29. The molecule has 4 nitrogen and oxygen atoms in total. The van der Waals surface area contributed by atoms with E-state index in [4.69, 9.17) is 0 Å². The molecule has 21 heavy (non-hydrogen) atoms. The second-order valence-corrected chi connectivity index (χ2v) is 7.82. The SMILES string of the molecule is C=S(=C)(NC(C)CCCC)c1ccc(-n2cccn2)nc1. The van der Waals surface area contributed by atoms with Crippen molar-refractivity contribution in [1.82, 2.24) is 19.5 Å². The van der Waals surface area contributed by atoms with Crippen molar-refractivity contribution in [3.63, 3.8) is 0 Å². The largest absolute Gasteiger partial charge is 0.269 e. The molecular formula is C16H24N4S. The highest BCUT2D eigenvalue weighted by atomic mass is 32.2. The number of nitrogens with zero attached hydrogens (tertiary/aromatic N) is 3. The lowest BCUT2D eigenvalue weighted by atomic mass is 10.2. The van der Waals surface area contributed by atoms with Gasteiger partial charge in [-0.05, 0) is 31.5 Å². The van der Waals surface area contributed by atoms with E-state index in [1.807, 2.05) is 30.6 Å². The lowest BCUT2D eigenvalue weighted by Gasteiger charge is -2.22. The number of pyridine rings is 1. The Hall–Kier alpha value is -1.59. The van der Waals surface area contributed by atoms with E-state index in [0.717, 1.165) is 17.1 Å². The van der Waals surface area contributed by atoms with Gasteiger partial charge in [-0.3, -0.25) is 4.72 Å². The quantitative estimate of drug-likeness (QED) is 0.797. The van der Waals surface area contributed by atoms with Gasteiger partial charge in [0.05, 0.1) is 0 Å². The molecule has 2 heterocycles. The minimum absolute atomic E-state index is 0.417. The summed E-state index contributed by atoms with van der Waals surface area (Å²) in [4.78, 5) is 5.52. The molecule has 0 aliphatic carbocycles. The van der Waals surface area contributed by atoms with E-state index in [-0.39, 0.29) is 0 Å². The van der Waals surface area contributed by atoms with Crippen LogP contribution in [0, 0.1) is 0 Å². The van der Waals surface area contributed by atoms with Gasteiger partial charge in [0, 0.05) is 29.5 Å². The maximum absolute atomic E-state index is 4.46. The molecule has 2 aromatic heterocycles. The molecule has 0 aliphatic rings. The van der Waals surface area contributed by atoms with Crippen molar-refractivity contribution < 1.29 is 0 Å². The molecular weight excluding hydrogens is 280 g/mol. The fourth-order valence-corrected chi connectivity index (χ4v) is 3.77. The van der Waals surface area contributed by atoms with Gasteiger partial charge in [0.25, 0.3) is 0 Å². The number of rotatable bonds is 7. The summed E-state index contributed by atoms with van der Waals surface area (Å²) in [7, 11) is -1.52. The van der Waals surface area contributed by atoms with Gasteiger partial charge < -0.3 is 0 Å². The van der Waals surface area contributed by atoms with Crippen LogP contribution < -0.4 is 4.72 Å². The number of aromatic nitrogens is 3. The molecule has 0 fully saturated rings. The first-order chi connectivity index (χ1) is 10.0. The Morgan fingerprint density at radius 2 is 2.19 bits per heavy atom. The fraction of sp³-hybridized carbons (Fsp3) is 0.375. The third kappa shape index (κ3) is 4.19. The van der Waals surface area contributed by atoms with Crippen LogP contribution in [-0.4, -0.2) is 32.5 Å². The van der Waals surface area contributed by atoms with Gasteiger partial charge in [-0.15, -0.1) is 9.39 Å².